The molecule has 8 heteroatoms. The highest BCUT2D eigenvalue weighted by molar-refractivity contribution is 7.89. The summed E-state index contributed by atoms with van der Waals surface area (Å²) in [5.74, 6) is 1.59. The molecule has 2 saturated heterocycles. The smallest absolute Gasteiger partial charge is 0.260 e. The molecule has 0 spiro atoms. The molecule has 7 nitrogen and oxygen atoms in total. The van der Waals surface area contributed by atoms with Crippen LogP contribution in [-0.2, 0) is 10.0 Å². The zero-order valence-electron chi connectivity index (χ0n) is 14.5. The molecule has 1 unspecified atom stereocenters. The van der Waals surface area contributed by atoms with Gasteiger partial charge < -0.3 is 9.64 Å². The molecule has 2 aliphatic heterocycles. The van der Waals surface area contributed by atoms with E-state index in [1.807, 2.05) is 12.1 Å². The minimum absolute atomic E-state index is 0.0831. The number of sulfonamides is 1. The van der Waals surface area contributed by atoms with Gasteiger partial charge in [0.25, 0.3) is 10.0 Å². The lowest BCUT2D eigenvalue weighted by Gasteiger charge is -2.22. The fourth-order valence-corrected chi connectivity index (χ4v) is 4.88. The summed E-state index contributed by atoms with van der Waals surface area (Å²) in [6, 6.07) is 8.68. The van der Waals surface area contributed by atoms with Crippen LogP contribution in [0.2, 0.25) is 0 Å². The van der Waals surface area contributed by atoms with Gasteiger partial charge in [-0.05, 0) is 43.5 Å². The zero-order chi connectivity index (χ0) is 18.0. The maximum Gasteiger partial charge on any atom is 0.260 e. The molecule has 0 saturated carbocycles. The first-order chi connectivity index (χ1) is 12.6. The molecule has 0 bridgehead atoms. The molecule has 2 aromatic rings. The van der Waals surface area contributed by atoms with Crippen LogP contribution in [0.3, 0.4) is 0 Å². The largest absolute Gasteiger partial charge is 0.485 e. The van der Waals surface area contributed by atoms with Crippen LogP contribution in [0.25, 0.3) is 0 Å². The fourth-order valence-electron chi connectivity index (χ4n) is 3.46. The Kier molecular flexibility index (Phi) is 4.78. The van der Waals surface area contributed by atoms with Crippen LogP contribution >= 0.6 is 0 Å². The van der Waals surface area contributed by atoms with Gasteiger partial charge in [-0.3, -0.25) is 0 Å². The topological polar surface area (TPSA) is 75.6 Å². The van der Waals surface area contributed by atoms with E-state index in [4.69, 9.17) is 4.74 Å². The zero-order valence-corrected chi connectivity index (χ0v) is 15.3. The average Bonchev–Trinajstić information content (AvgIpc) is 3.35. The maximum atomic E-state index is 12.7. The molecule has 138 valence electrons. The van der Waals surface area contributed by atoms with Gasteiger partial charge >= 0.3 is 0 Å². The second kappa shape index (κ2) is 7.20. The third kappa shape index (κ3) is 3.39. The molecule has 2 fully saturated rings. The quantitative estimate of drug-likeness (QED) is 0.796. The third-order valence-corrected chi connectivity index (χ3v) is 6.58. The summed E-state index contributed by atoms with van der Waals surface area (Å²) in [5, 5.41) is 0.0831. The highest BCUT2D eigenvalue weighted by Crippen LogP contribution is 2.31. The minimum atomic E-state index is -3.57. The van der Waals surface area contributed by atoms with Crippen molar-refractivity contribution in [2.75, 3.05) is 31.1 Å². The van der Waals surface area contributed by atoms with E-state index in [-0.39, 0.29) is 11.1 Å². The van der Waals surface area contributed by atoms with Gasteiger partial charge in [-0.15, -0.1) is 0 Å². The van der Waals surface area contributed by atoms with Gasteiger partial charge in [0.1, 0.15) is 6.10 Å². The monoisotopic (exact) mass is 374 g/mol. The molecule has 2 aromatic heterocycles. The van der Waals surface area contributed by atoms with Crippen LogP contribution in [0.4, 0.5) is 5.82 Å². The van der Waals surface area contributed by atoms with E-state index in [9.17, 15) is 8.42 Å². The second-order valence-electron chi connectivity index (χ2n) is 6.58. The lowest BCUT2D eigenvalue weighted by Crippen LogP contribution is -2.31. The van der Waals surface area contributed by atoms with Gasteiger partial charge in [-0.2, -0.15) is 4.31 Å². The molecule has 0 N–H and O–H groups in total. The van der Waals surface area contributed by atoms with Crippen LogP contribution in [0, 0.1) is 0 Å². The summed E-state index contributed by atoms with van der Waals surface area (Å²) in [6.45, 7) is 2.73. The molecular weight excluding hydrogens is 352 g/mol. The van der Waals surface area contributed by atoms with E-state index < -0.39 is 10.0 Å². The van der Waals surface area contributed by atoms with Crippen molar-refractivity contribution in [3.63, 3.8) is 0 Å². The number of rotatable bonds is 5. The van der Waals surface area contributed by atoms with Crippen molar-refractivity contribution in [3.8, 4) is 5.75 Å². The van der Waals surface area contributed by atoms with E-state index >= 15 is 0 Å². The number of ether oxygens (including phenoxy) is 1. The van der Waals surface area contributed by atoms with Crippen molar-refractivity contribution < 1.29 is 13.2 Å². The van der Waals surface area contributed by atoms with Gasteiger partial charge in [0.2, 0.25) is 0 Å². The van der Waals surface area contributed by atoms with Gasteiger partial charge in [-0.25, -0.2) is 18.4 Å². The minimum Gasteiger partial charge on any atom is -0.485 e. The Hall–Kier alpha value is -2.19. The Balaban J connectivity index is 1.47. The summed E-state index contributed by atoms with van der Waals surface area (Å²) in [5.41, 5.74) is 0. The summed E-state index contributed by atoms with van der Waals surface area (Å²) in [7, 11) is -3.57. The fraction of sp³-hybridized carbons (Fsp3) is 0.444. The molecule has 2 aliphatic rings. The number of pyridine rings is 2. The average molecular weight is 374 g/mol. The SMILES string of the molecule is O=S(=O)(c1ccccn1)N1CCC(Oc2cccnc2N2CCCC2)C1. The summed E-state index contributed by atoms with van der Waals surface area (Å²) < 4.78 is 33.0. The molecule has 1 atom stereocenters. The Morgan fingerprint density at radius 2 is 1.81 bits per heavy atom. The Labute approximate surface area is 153 Å². The number of hydrogen-bond donors (Lipinski definition) is 0. The molecule has 26 heavy (non-hydrogen) atoms. The van der Waals surface area contributed by atoms with Crippen molar-refractivity contribution in [3.05, 3.63) is 42.7 Å². The molecule has 4 rings (SSSR count). The number of hydrogen-bond acceptors (Lipinski definition) is 6. The lowest BCUT2D eigenvalue weighted by molar-refractivity contribution is 0.215. The number of anilines is 1. The first kappa shape index (κ1) is 17.2. The molecular formula is C18H22N4O3S. The standard InChI is InChI=1S/C18H22N4O3S/c23-26(24,17-7-1-2-9-19-17)22-13-8-15(14-22)25-16-6-5-10-20-18(16)21-11-3-4-12-21/h1-2,5-7,9-10,15H,3-4,8,11-14H2. The highest BCUT2D eigenvalue weighted by Gasteiger charge is 2.35. The van der Waals surface area contributed by atoms with Crippen LogP contribution in [0.15, 0.2) is 47.8 Å². The van der Waals surface area contributed by atoms with Crippen molar-refractivity contribution in [1.29, 1.82) is 0 Å². The molecule has 4 heterocycles. The molecule has 0 amide bonds. The molecule has 0 radical (unpaired) electrons. The predicted molar refractivity (Wildman–Crippen MR) is 97.7 cm³/mol. The van der Waals surface area contributed by atoms with Gasteiger partial charge in [0.05, 0.1) is 6.54 Å². The van der Waals surface area contributed by atoms with E-state index in [0.717, 1.165) is 37.5 Å². The van der Waals surface area contributed by atoms with E-state index in [1.165, 1.54) is 16.6 Å². The van der Waals surface area contributed by atoms with Crippen LogP contribution in [-0.4, -0.2) is 55.0 Å². The van der Waals surface area contributed by atoms with Crippen LogP contribution in [0.1, 0.15) is 19.3 Å². The Morgan fingerprint density at radius 3 is 2.58 bits per heavy atom. The Bertz CT molecular complexity index is 854. The Morgan fingerprint density at radius 1 is 1.00 bits per heavy atom. The van der Waals surface area contributed by atoms with Crippen molar-refractivity contribution in [2.24, 2.45) is 0 Å². The summed E-state index contributed by atoms with van der Waals surface area (Å²) in [6.07, 6.45) is 6.06. The summed E-state index contributed by atoms with van der Waals surface area (Å²) in [4.78, 5) is 10.7. The van der Waals surface area contributed by atoms with Crippen molar-refractivity contribution in [2.45, 2.75) is 30.4 Å². The van der Waals surface area contributed by atoms with Crippen LogP contribution in [0.5, 0.6) is 5.75 Å². The van der Waals surface area contributed by atoms with E-state index in [1.54, 1.807) is 18.3 Å². The molecule has 0 aliphatic carbocycles. The van der Waals surface area contributed by atoms with Gasteiger partial charge in [0, 0.05) is 32.0 Å². The first-order valence-electron chi connectivity index (χ1n) is 8.92. The van der Waals surface area contributed by atoms with E-state index in [2.05, 4.69) is 14.9 Å². The number of nitrogens with zero attached hydrogens (tertiary/aromatic N) is 4. The summed E-state index contributed by atoms with van der Waals surface area (Å²) >= 11 is 0. The highest BCUT2D eigenvalue weighted by atomic mass is 32.2. The van der Waals surface area contributed by atoms with Gasteiger partial charge in [0.15, 0.2) is 16.6 Å². The maximum absolute atomic E-state index is 12.7. The number of aromatic nitrogens is 2. The van der Waals surface area contributed by atoms with Crippen molar-refractivity contribution in [1.82, 2.24) is 14.3 Å². The third-order valence-electron chi connectivity index (χ3n) is 4.80. The first-order valence-corrected chi connectivity index (χ1v) is 10.4. The second-order valence-corrected chi connectivity index (χ2v) is 8.46. The van der Waals surface area contributed by atoms with Crippen molar-refractivity contribution >= 4 is 15.8 Å². The molecule has 0 aromatic carbocycles. The van der Waals surface area contributed by atoms with Crippen LogP contribution < -0.4 is 9.64 Å². The predicted octanol–water partition coefficient (Wildman–Crippen LogP) is 1.92. The normalized spacial score (nSPS) is 21.2. The van der Waals surface area contributed by atoms with Gasteiger partial charge in [-0.1, -0.05) is 6.07 Å². The lowest BCUT2D eigenvalue weighted by atomic mass is 10.3. The van der Waals surface area contributed by atoms with E-state index in [0.29, 0.717) is 19.5 Å².